The van der Waals surface area contributed by atoms with Crippen molar-refractivity contribution in [2.24, 2.45) is 5.73 Å². The number of hydrogen-bond donors (Lipinski definition) is 1. The van der Waals surface area contributed by atoms with Crippen LogP contribution in [0.15, 0.2) is 16.6 Å². The molecule has 0 amide bonds. The fourth-order valence-electron chi connectivity index (χ4n) is 1.56. The molecule has 0 unspecified atom stereocenters. The normalized spacial score (nSPS) is 10.4. The molecule has 0 saturated carbocycles. The van der Waals surface area contributed by atoms with Crippen molar-refractivity contribution in [3.63, 3.8) is 0 Å². The third-order valence-corrected chi connectivity index (χ3v) is 2.92. The van der Waals surface area contributed by atoms with Crippen molar-refractivity contribution >= 4 is 15.9 Å². The van der Waals surface area contributed by atoms with Gasteiger partial charge < -0.3 is 15.2 Å². The molecule has 0 atom stereocenters. The van der Waals surface area contributed by atoms with Crippen LogP contribution in [0.1, 0.15) is 18.9 Å². The fraction of sp³-hybridized carbons (Fsp3) is 0.538. The van der Waals surface area contributed by atoms with Crippen LogP contribution in [0.25, 0.3) is 0 Å². The highest BCUT2D eigenvalue weighted by Crippen LogP contribution is 2.37. The fourth-order valence-corrected chi connectivity index (χ4v) is 2.17. The van der Waals surface area contributed by atoms with Gasteiger partial charge >= 0.3 is 0 Å². The molecule has 1 rings (SSSR count). The van der Waals surface area contributed by atoms with Gasteiger partial charge in [0.15, 0.2) is 11.5 Å². The van der Waals surface area contributed by atoms with E-state index in [0.717, 1.165) is 16.5 Å². The van der Waals surface area contributed by atoms with Crippen LogP contribution in [0, 0.1) is 0 Å². The van der Waals surface area contributed by atoms with E-state index in [1.807, 2.05) is 19.1 Å². The molecule has 102 valence electrons. The summed E-state index contributed by atoms with van der Waals surface area (Å²) < 4.78 is 24.0. The first kappa shape index (κ1) is 15.2. The topological polar surface area (TPSA) is 44.5 Å². The lowest BCUT2D eigenvalue weighted by Gasteiger charge is -2.15. The van der Waals surface area contributed by atoms with Gasteiger partial charge in [0, 0.05) is 6.42 Å². The molecule has 0 aromatic heterocycles. The summed E-state index contributed by atoms with van der Waals surface area (Å²) in [7, 11) is 0. The van der Waals surface area contributed by atoms with E-state index in [0.29, 0.717) is 37.7 Å². The van der Waals surface area contributed by atoms with Crippen molar-refractivity contribution in [3.05, 3.63) is 22.2 Å². The second-order valence-electron chi connectivity index (χ2n) is 3.77. The van der Waals surface area contributed by atoms with Crippen molar-refractivity contribution < 1.29 is 13.9 Å². The Kier molecular flexibility index (Phi) is 7.05. The molecular weight excluding hydrogens is 301 g/mol. The molecule has 0 aliphatic carbocycles. The number of alkyl halides is 1. The van der Waals surface area contributed by atoms with Crippen LogP contribution in [-0.2, 0) is 6.42 Å². The van der Waals surface area contributed by atoms with Gasteiger partial charge in [-0.25, -0.2) is 0 Å². The first-order valence-corrected chi connectivity index (χ1v) is 6.86. The van der Waals surface area contributed by atoms with Crippen LogP contribution in [0.2, 0.25) is 0 Å². The van der Waals surface area contributed by atoms with Gasteiger partial charge in [0.05, 0.1) is 24.4 Å². The second-order valence-corrected chi connectivity index (χ2v) is 4.62. The number of hydrogen-bond acceptors (Lipinski definition) is 3. The zero-order valence-electron chi connectivity index (χ0n) is 10.5. The molecule has 0 spiro atoms. The van der Waals surface area contributed by atoms with Crippen LogP contribution < -0.4 is 15.2 Å². The molecule has 1 aromatic rings. The van der Waals surface area contributed by atoms with Crippen molar-refractivity contribution in [3.8, 4) is 11.5 Å². The van der Waals surface area contributed by atoms with Crippen LogP contribution in [0.4, 0.5) is 4.39 Å². The molecule has 18 heavy (non-hydrogen) atoms. The summed E-state index contributed by atoms with van der Waals surface area (Å²) in [6.45, 7) is 3.01. The monoisotopic (exact) mass is 319 g/mol. The van der Waals surface area contributed by atoms with Gasteiger partial charge in [0.25, 0.3) is 0 Å². The minimum Gasteiger partial charge on any atom is -0.490 e. The van der Waals surface area contributed by atoms with Gasteiger partial charge in [-0.3, -0.25) is 4.39 Å². The lowest BCUT2D eigenvalue weighted by molar-refractivity contribution is 0.261. The van der Waals surface area contributed by atoms with Gasteiger partial charge in [-0.15, -0.1) is 0 Å². The Morgan fingerprint density at radius 3 is 2.72 bits per heavy atom. The van der Waals surface area contributed by atoms with E-state index >= 15 is 0 Å². The highest BCUT2D eigenvalue weighted by atomic mass is 79.9. The average Bonchev–Trinajstić information content (AvgIpc) is 2.33. The summed E-state index contributed by atoms with van der Waals surface area (Å²) in [4.78, 5) is 0. The third kappa shape index (κ3) is 4.46. The lowest BCUT2D eigenvalue weighted by Crippen LogP contribution is -2.06. The lowest BCUT2D eigenvalue weighted by atomic mass is 10.1. The van der Waals surface area contributed by atoms with Crippen molar-refractivity contribution in [1.29, 1.82) is 0 Å². The molecule has 1 aromatic carbocycles. The Bertz CT molecular complexity index is 374. The summed E-state index contributed by atoms with van der Waals surface area (Å²) in [6.07, 6.45) is 1.16. The molecule has 0 radical (unpaired) electrons. The van der Waals surface area contributed by atoms with Crippen molar-refractivity contribution in [1.82, 2.24) is 0 Å². The first-order chi connectivity index (χ1) is 8.72. The standard InChI is InChI=1S/C13H19BrFNO2/c1-2-17-12-9-10(4-6-16)8-11(14)13(12)18-7-3-5-15/h8-9H,2-7,16H2,1H3. The molecule has 0 bridgehead atoms. The van der Waals surface area contributed by atoms with Gasteiger partial charge in [-0.1, -0.05) is 0 Å². The maximum atomic E-state index is 12.1. The molecule has 0 fully saturated rings. The maximum Gasteiger partial charge on any atom is 0.175 e. The van der Waals surface area contributed by atoms with E-state index in [-0.39, 0.29) is 6.67 Å². The second kappa shape index (κ2) is 8.32. The summed E-state index contributed by atoms with van der Waals surface area (Å²) in [5.41, 5.74) is 6.63. The molecule has 0 aliphatic rings. The van der Waals surface area contributed by atoms with Gasteiger partial charge in [-0.2, -0.15) is 0 Å². The Morgan fingerprint density at radius 1 is 1.33 bits per heavy atom. The molecule has 5 heteroatoms. The molecule has 3 nitrogen and oxygen atoms in total. The van der Waals surface area contributed by atoms with Crippen LogP contribution in [0.3, 0.4) is 0 Å². The minimum atomic E-state index is -0.382. The van der Waals surface area contributed by atoms with Gasteiger partial charge in [0.2, 0.25) is 0 Å². The third-order valence-electron chi connectivity index (χ3n) is 2.33. The SMILES string of the molecule is CCOc1cc(CCN)cc(Br)c1OCCCF. The van der Waals surface area contributed by atoms with E-state index < -0.39 is 0 Å². The first-order valence-electron chi connectivity index (χ1n) is 6.07. The summed E-state index contributed by atoms with van der Waals surface area (Å²) in [5.74, 6) is 1.31. The molecular formula is C13H19BrFNO2. The quantitative estimate of drug-likeness (QED) is 0.749. The Morgan fingerprint density at radius 2 is 2.11 bits per heavy atom. The molecule has 2 N–H and O–H groups in total. The molecule has 0 aliphatic heterocycles. The number of halogens is 2. The number of rotatable bonds is 8. The van der Waals surface area contributed by atoms with Crippen molar-refractivity contribution in [2.45, 2.75) is 19.8 Å². The molecule has 0 heterocycles. The van der Waals surface area contributed by atoms with Gasteiger partial charge in [0.1, 0.15) is 0 Å². The van der Waals surface area contributed by atoms with E-state index in [2.05, 4.69) is 15.9 Å². The zero-order chi connectivity index (χ0) is 13.4. The van der Waals surface area contributed by atoms with Gasteiger partial charge in [-0.05, 0) is 53.5 Å². The van der Waals surface area contributed by atoms with E-state index in [1.165, 1.54) is 0 Å². The predicted molar refractivity (Wildman–Crippen MR) is 74.2 cm³/mol. The highest BCUT2D eigenvalue weighted by Gasteiger charge is 2.12. The van der Waals surface area contributed by atoms with Crippen LogP contribution >= 0.6 is 15.9 Å². The highest BCUT2D eigenvalue weighted by molar-refractivity contribution is 9.10. The Balaban J connectivity index is 2.90. The van der Waals surface area contributed by atoms with E-state index in [4.69, 9.17) is 15.2 Å². The van der Waals surface area contributed by atoms with E-state index in [1.54, 1.807) is 0 Å². The van der Waals surface area contributed by atoms with Crippen LogP contribution in [-0.4, -0.2) is 26.4 Å². The summed E-state index contributed by atoms with van der Waals surface area (Å²) in [5, 5.41) is 0. The summed E-state index contributed by atoms with van der Waals surface area (Å²) in [6, 6.07) is 3.88. The smallest absolute Gasteiger partial charge is 0.175 e. The van der Waals surface area contributed by atoms with Crippen LogP contribution in [0.5, 0.6) is 11.5 Å². The largest absolute Gasteiger partial charge is 0.490 e. The van der Waals surface area contributed by atoms with E-state index in [9.17, 15) is 4.39 Å². The Hall–Kier alpha value is -0.810. The Labute approximate surface area is 116 Å². The zero-order valence-corrected chi connectivity index (χ0v) is 12.1. The number of ether oxygens (including phenoxy) is 2. The maximum absolute atomic E-state index is 12.1. The predicted octanol–water partition coefficient (Wildman–Crippen LogP) is 3.09. The van der Waals surface area contributed by atoms with Crippen molar-refractivity contribution in [2.75, 3.05) is 26.4 Å². The summed E-state index contributed by atoms with van der Waals surface area (Å²) >= 11 is 3.45. The minimum absolute atomic E-state index is 0.339. The number of benzene rings is 1. The molecule has 0 saturated heterocycles. The number of nitrogens with two attached hydrogens (primary N) is 1. The average molecular weight is 320 g/mol.